The molecule has 1 aromatic carbocycles. The molecule has 2 aliphatic heterocycles. The van der Waals surface area contributed by atoms with Crippen LogP contribution < -0.4 is 0 Å². The molecule has 0 aliphatic carbocycles. The molecular formula is C18H19FN4O3S. The van der Waals surface area contributed by atoms with Crippen molar-refractivity contribution >= 4 is 16.3 Å². The Morgan fingerprint density at radius 2 is 1.85 bits per heavy atom. The number of aromatic nitrogens is 3. The van der Waals surface area contributed by atoms with Crippen molar-refractivity contribution in [2.24, 2.45) is 0 Å². The Hall–Kier alpha value is -2.07. The zero-order valence-corrected chi connectivity index (χ0v) is 15.4. The van der Waals surface area contributed by atoms with Crippen molar-refractivity contribution in [3.8, 4) is 5.88 Å². The number of hydrogen-bond donors (Lipinski definition) is 1. The van der Waals surface area contributed by atoms with Gasteiger partial charge in [0, 0.05) is 25.9 Å². The van der Waals surface area contributed by atoms with Crippen LogP contribution in [0.3, 0.4) is 0 Å². The molecular weight excluding hydrogens is 371 g/mol. The minimum Gasteiger partial charge on any atom is -0.492 e. The van der Waals surface area contributed by atoms with E-state index in [1.807, 2.05) is 0 Å². The van der Waals surface area contributed by atoms with Crippen molar-refractivity contribution in [3.63, 3.8) is 0 Å². The molecule has 2 aliphatic rings. The van der Waals surface area contributed by atoms with E-state index in [0.717, 1.165) is 36.4 Å². The average Bonchev–Trinajstić information content (AvgIpc) is 3.39. The van der Waals surface area contributed by atoms with Gasteiger partial charge in [0.15, 0.2) is 5.79 Å². The number of fused-ring (bicyclic) bond motifs is 1. The molecule has 5 rings (SSSR count). The van der Waals surface area contributed by atoms with Gasteiger partial charge in [-0.3, -0.25) is 4.90 Å². The van der Waals surface area contributed by atoms with Crippen molar-refractivity contribution < 1.29 is 19.0 Å². The van der Waals surface area contributed by atoms with E-state index in [0.29, 0.717) is 18.2 Å². The fraction of sp³-hybridized carbons (Fsp3) is 0.444. The summed E-state index contributed by atoms with van der Waals surface area (Å²) in [5, 5.41) is 14.8. The molecule has 0 bridgehead atoms. The molecule has 1 N–H and O–H groups in total. The fourth-order valence-corrected chi connectivity index (χ4v) is 5.05. The van der Waals surface area contributed by atoms with Gasteiger partial charge in [0.05, 0.1) is 24.1 Å². The Labute approximate surface area is 159 Å². The summed E-state index contributed by atoms with van der Waals surface area (Å²) < 4.78 is 26.6. The maximum atomic E-state index is 13.5. The summed E-state index contributed by atoms with van der Waals surface area (Å²) in [5.74, 6) is -0.678. The summed E-state index contributed by atoms with van der Waals surface area (Å²) in [7, 11) is 0. The number of ether oxygens (including phenoxy) is 2. The quantitative estimate of drug-likeness (QED) is 0.741. The first-order valence-electron chi connectivity index (χ1n) is 8.94. The smallest absolute Gasteiger partial charge is 0.230 e. The van der Waals surface area contributed by atoms with Gasteiger partial charge in [-0.15, -0.1) is 0 Å². The average molecular weight is 390 g/mol. The first-order chi connectivity index (χ1) is 13.2. The van der Waals surface area contributed by atoms with Gasteiger partial charge >= 0.3 is 0 Å². The lowest BCUT2D eigenvalue weighted by molar-refractivity contribution is -0.187. The van der Waals surface area contributed by atoms with Gasteiger partial charge in [-0.05, 0) is 17.7 Å². The van der Waals surface area contributed by atoms with Gasteiger partial charge in [0.1, 0.15) is 12.1 Å². The highest BCUT2D eigenvalue weighted by molar-refractivity contribution is 7.17. The van der Waals surface area contributed by atoms with E-state index < -0.39 is 5.79 Å². The van der Waals surface area contributed by atoms with E-state index >= 15 is 0 Å². The van der Waals surface area contributed by atoms with Crippen LogP contribution >= 0.6 is 11.3 Å². The number of rotatable bonds is 3. The summed E-state index contributed by atoms with van der Waals surface area (Å²) >= 11 is 1.40. The van der Waals surface area contributed by atoms with Gasteiger partial charge in [-0.2, -0.15) is 9.61 Å². The Balaban J connectivity index is 1.51. The number of aromatic hydroxyl groups is 1. The number of piperidine rings is 1. The highest BCUT2D eigenvalue weighted by Gasteiger charge is 2.42. The van der Waals surface area contributed by atoms with Gasteiger partial charge in [-0.25, -0.2) is 9.37 Å². The molecule has 0 radical (unpaired) electrons. The molecule has 0 unspecified atom stereocenters. The van der Waals surface area contributed by atoms with Crippen LogP contribution in [0.1, 0.15) is 29.3 Å². The normalized spacial score (nSPS) is 21.2. The monoisotopic (exact) mass is 390 g/mol. The number of halogens is 1. The second kappa shape index (κ2) is 6.52. The van der Waals surface area contributed by atoms with Gasteiger partial charge < -0.3 is 14.6 Å². The van der Waals surface area contributed by atoms with Crippen LogP contribution in [-0.2, 0) is 9.47 Å². The minimum absolute atomic E-state index is 0.0791. The Morgan fingerprint density at radius 3 is 2.52 bits per heavy atom. The number of hydrogen-bond acceptors (Lipinski definition) is 7. The van der Waals surface area contributed by atoms with E-state index in [2.05, 4.69) is 15.0 Å². The molecule has 0 amide bonds. The molecule has 1 atom stereocenters. The lowest BCUT2D eigenvalue weighted by Crippen LogP contribution is -2.46. The molecule has 27 heavy (non-hydrogen) atoms. The van der Waals surface area contributed by atoms with Crippen LogP contribution in [0.4, 0.5) is 4.39 Å². The third kappa shape index (κ3) is 2.91. The SMILES string of the molecule is Oc1c([C@H](c2ccc(F)cc2)N2CCC3(CC2)OCCO3)sc2ncnn12. The van der Waals surface area contributed by atoms with Crippen LogP contribution in [0.5, 0.6) is 5.88 Å². The number of nitrogens with zero attached hydrogens (tertiary/aromatic N) is 4. The van der Waals surface area contributed by atoms with E-state index in [1.165, 1.54) is 34.3 Å². The lowest BCUT2D eigenvalue weighted by atomic mass is 9.97. The van der Waals surface area contributed by atoms with Crippen molar-refractivity contribution in [3.05, 3.63) is 46.9 Å². The van der Waals surface area contributed by atoms with E-state index in [9.17, 15) is 9.50 Å². The van der Waals surface area contributed by atoms with Gasteiger partial charge in [0.2, 0.25) is 10.8 Å². The Morgan fingerprint density at radius 1 is 1.15 bits per heavy atom. The third-order valence-electron chi connectivity index (χ3n) is 5.31. The molecule has 7 nitrogen and oxygen atoms in total. The maximum Gasteiger partial charge on any atom is 0.230 e. The second-order valence-corrected chi connectivity index (χ2v) is 7.85. The van der Waals surface area contributed by atoms with Crippen LogP contribution in [0.15, 0.2) is 30.6 Å². The van der Waals surface area contributed by atoms with Crippen LogP contribution in [-0.4, -0.2) is 56.7 Å². The van der Waals surface area contributed by atoms with Gasteiger partial charge in [0.25, 0.3) is 0 Å². The molecule has 2 aromatic heterocycles. The molecule has 4 heterocycles. The fourth-order valence-electron chi connectivity index (χ4n) is 3.95. The maximum absolute atomic E-state index is 13.5. The van der Waals surface area contributed by atoms with Crippen molar-refractivity contribution in [2.75, 3.05) is 26.3 Å². The summed E-state index contributed by atoms with van der Waals surface area (Å²) in [6.45, 7) is 2.76. The van der Waals surface area contributed by atoms with E-state index in [4.69, 9.17) is 9.47 Å². The van der Waals surface area contributed by atoms with Crippen LogP contribution in [0.2, 0.25) is 0 Å². The molecule has 2 saturated heterocycles. The Bertz CT molecular complexity index is 941. The van der Waals surface area contributed by atoms with Gasteiger partial charge in [-0.1, -0.05) is 23.5 Å². The minimum atomic E-state index is -0.475. The molecule has 3 aromatic rings. The zero-order chi connectivity index (χ0) is 18.4. The number of thiazole rings is 1. The molecule has 0 saturated carbocycles. The van der Waals surface area contributed by atoms with Crippen LogP contribution in [0.25, 0.3) is 4.96 Å². The van der Waals surface area contributed by atoms with E-state index in [-0.39, 0.29) is 17.7 Å². The highest BCUT2D eigenvalue weighted by atomic mass is 32.1. The summed E-state index contributed by atoms with van der Waals surface area (Å²) in [6.07, 6.45) is 2.93. The first-order valence-corrected chi connectivity index (χ1v) is 9.76. The largest absolute Gasteiger partial charge is 0.492 e. The van der Waals surface area contributed by atoms with Crippen molar-refractivity contribution in [2.45, 2.75) is 24.7 Å². The summed E-state index contributed by atoms with van der Waals surface area (Å²) in [4.78, 5) is 7.84. The Kier molecular flexibility index (Phi) is 4.12. The summed E-state index contributed by atoms with van der Waals surface area (Å²) in [5.41, 5.74) is 0.917. The molecule has 9 heteroatoms. The molecule has 142 valence electrons. The lowest BCUT2D eigenvalue weighted by Gasteiger charge is -2.41. The number of likely N-dealkylation sites (tertiary alicyclic amines) is 1. The summed E-state index contributed by atoms with van der Waals surface area (Å²) in [6, 6.07) is 6.22. The first kappa shape index (κ1) is 17.1. The standard InChI is InChI=1S/C18H19FN4O3S/c19-13-3-1-12(2-4-13)14(15-16(24)23-17(27-15)20-11-21-23)22-7-5-18(6-8-22)25-9-10-26-18/h1-4,11,14,24H,5-10H2/t14-/m0/s1. The number of benzene rings is 1. The predicted octanol–water partition coefficient (Wildman–Crippen LogP) is 2.56. The molecule has 2 fully saturated rings. The van der Waals surface area contributed by atoms with Crippen molar-refractivity contribution in [1.29, 1.82) is 0 Å². The topological polar surface area (TPSA) is 72.1 Å². The molecule has 1 spiro atoms. The van der Waals surface area contributed by atoms with Crippen molar-refractivity contribution in [1.82, 2.24) is 19.5 Å². The third-order valence-corrected chi connectivity index (χ3v) is 6.40. The predicted molar refractivity (Wildman–Crippen MR) is 96.2 cm³/mol. The second-order valence-electron chi connectivity index (χ2n) is 6.84. The van der Waals surface area contributed by atoms with E-state index in [1.54, 1.807) is 12.1 Å². The zero-order valence-electron chi connectivity index (χ0n) is 14.5. The highest BCUT2D eigenvalue weighted by Crippen LogP contribution is 2.42. The van der Waals surface area contributed by atoms with Crippen LogP contribution in [0, 0.1) is 5.82 Å².